The molecule has 2 N–H and O–H groups in total. The number of hydrogen-bond acceptors (Lipinski definition) is 3. The van der Waals surface area contributed by atoms with Gasteiger partial charge < -0.3 is 15.1 Å². The number of rotatable bonds is 7. The van der Waals surface area contributed by atoms with E-state index in [1.54, 1.807) is 0 Å². The van der Waals surface area contributed by atoms with Gasteiger partial charge in [0.2, 0.25) is 0 Å². The van der Waals surface area contributed by atoms with Crippen molar-refractivity contribution in [3.63, 3.8) is 0 Å². The van der Waals surface area contributed by atoms with Crippen LogP contribution in [0.3, 0.4) is 0 Å². The summed E-state index contributed by atoms with van der Waals surface area (Å²) in [6, 6.07) is 7.34. The molecule has 0 saturated carbocycles. The minimum Gasteiger partial charge on any atom is -0.396 e. The van der Waals surface area contributed by atoms with Crippen LogP contribution in [0.4, 0.5) is 5.69 Å². The first-order valence-electron chi connectivity index (χ1n) is 9.58. The molecule has 1 aromatic rings. The molecular formula is C22H39NO2. The molecule has 0 heterocycles. The number of hydrogen-bond donors (Lipinski definition) is 2. The molecule has 0 aromatic heterocycles. The number of nitrogens with zero attached hydrogens (tertiary/aromatic N) is 1. The Hall–Kier alpha value is -1.06. The molecule has 144 valence electrons. The third-order valence-electron chi connectivity index (χ3n) is 4.99. The molecule has 1 rings (SSSR count). The maximum absolute atomic E-state index is 9.44. The summed E-state index contributed by atoms with van der Waals surface area (Å²) in [5, 5.41) is 18.9. The monoisotopic (exact) mass is 349 g/mol. The molecule has 3 heteroatoms. The van der Waals surface area contributed by atoms with Gasteiger partial charge in [-0.2, -0.15) is 0 Å². The van der Waals surface area contributed by atoms with Gasteiger partial charge in [0.15, 0.2) is 0 Å². The van der Waals surface area contributed by atoms with E-state index in [1.165, 1.54) is 16.8 Å². The molecule has 2 atom stereocenters. The third kappa shape index (κ3) is 6.00. The Labute approximate surface area is 155 Å². The molecule has 0 radical (unpaired) electrons. The van der Waals surface area contributed by atoms with Crippen LogP contribution in [0.15, 0.2) is 18.2 Å². The van der Waals surface area contributed by atoms with Gasteiger partial charge >= 0.3 is 0 Å². The second kappa shape index (κ2) is 8.55. The molecule has 0 fully saturated rings. The highest BCUT2D eigenvalue weighted by Gasteiger charge is 2.25. The molecule has 0 spiro atoms. The summed E-state index contributed by atoms with van der Waals surface area (Å²) in [4.78, 5) is 2.37. The largest absolute Gasteiger partial charge is 0.396 e. The predicted octanol–water partition coefficient (Wildman–Crippen LogP) is 4.63. The quantitative estimate of drug-likeness (QED) is 0.754. The standard InChI is InChI=1S/C22H39NO2/c1-16(9-11-24)23(17(2)10-12-25)20-14-18(21(3,4)5)13-19(15-20)22(6,7)8/h13-17,24-25H,9-12H2,1-8H3. The van der Waals surface area contributed by atoms with Gasteiger partial charge in [-0.3, -0.25) is 0 Å². The van der Waals surface area contributed by atoms with Crippen molar-refractivity contribution in [2.45, 2.75) is 91.1 Å². The fourth-order valence-electron chi connectivity index (χ4n) is 3.22. The topological polar surface area (TPSA) is 43.7 Å². The second-order valence-electron chi connectivity index (χ2n) is 9.40. The lowest BCUT2D eigenvalue weighted by molar-refractivity contribution is 0.259. The van der Waals surface area contributed by atoms with Crippen LogP contribution in [0.25, 0.3) is 0 Å². The number of aliphatic hydroxyl groups is 2. The zero-order chi connectivity index (χ0) is 19.4. The van der Waals surface area contributed by atoms with E-state index in [9.17, 15) is 10.2 Å². The zero-order valence-corrected chi connectivity index (χ0v) is 17.6. The first kappa shape index (κ1) is 22.0. The lowest BCUT2D eigenvalue weighted by Crippen LogP contribution is -2.41. The second-order valence-corrected chi connectivity index (χ2v) is 9.40. The van der Waals surface area contributed by atoms with Crippen LogP contribution in [0.2, 0.25) is 0 Å². The SMILES string of the molecule is CC(CCO)N(c1cc(C(C)(C)C)cc(C(C)(C)C)c1)C(C)CCO. The predicted molar refractivity (Wildman–Crippen MR) is 109 cm³/mol. The van der Waals surface area contributed by atoms with Crippen LogP contribution in [-0.4, -0.2) is 35.5 Å². The first-order valence-corrected chi connectivity index (χ1v) is 9.58. The van der Waals surface area contributed by atoms with Gasteiger partial charge in [0, 0.05) is 31.0 Å². The number of anilines is 1. The van der Waals surface area contributed by atoms with Crippen LogP contribution < -0.4 is 4.90 Å². The molecular weight excluding hydrogens is 310 g/mol. The van der Waals surface area contributed by atoms with Crippen molar-refractivity contribution >= 4 is 5.69 Å². The lowest BCUT2D eigenvalue weighted by atomic mass is 9.80. The number of benzene rings is 1. The van der Waals surface area contributed by atoms with Gasteiger partial charge in [-0.25, -0.2) is 0 Å². The van der Waals surface area contributed by atoms with Crippen LogP contribution in [0, 0.1) is 0 Å². The molecule has 0 aliphatic carbocycles. The lowest BCUT2D eigenvalue weighted by Gasteiger charge is -2.38. The van der Waals surface area contributed by atoms with E-state index in [2.05, 4.69) is 78.5 Å². The van der Waals surface area contributed by atoms with Gasteiger partial charge in [-0.15, -0.1) is 0 Å². The van der Waals surface area contributed by atoms with Gasteiger partial charge in [-0.05, 0) is 60.8 Å². The van der Waals surface area contributed by atoms with E-state index < -0.39 is 0 Å². The molecule has 1 aromatic carbocycles. The zero-order valence-electron chi connectivity index (χ0n) is 17.6. The van der Waals surface area contributed by atoms with E-state index in [4.69, 9.17) is 0 Å². The summed E-state index contributed by atoms with van der Waals surface area (Å²) in [5.41, 5.74) is 3.99. The summed E-state index contributed by atoms with van der Waals surface area (Å²) < 4.78 is 0. The third-order valence-corrected chi connectivity index (χ3v) is 4.99. The van der Waals surface area contributed by atoms with Gasteiger partial charge in [-0.1, -0.05) is 47.6 Å². The van der Waals surface area contributed by atoms with E-state index >= 15 is 0 Å². The van der Waals surface area contributed by atoms with Crippen molar-refractivity contribution in [2.24, 2.45) is 0 Å². The summed E-state index contributed by atoms with van der Waals surface area (Å²) >= 11 is 0. The van der Waals surface area contributed by atoms with Crippen molar-refractivity contribution in [3.8, 4) is 0 Å². The molecule has 2 unspecified atom stereocenters. The Bertz CT molecular complexity index is 496. The van der Waals surface area contributed by atoms with E-state index in [0.717, 1.165) is 12.8 Å². The maximum Gasteiger partial charge on any atom is 0.0450 e. The summed E-state index contributed by atoms with van der Waals surface area (Å²) in [6.45, 7) is 18.1. The Balaban J connectivity index is 3.51. The summed E-state index contributed by atoms with van der Waals surface area (Å²) in [5.74, 6) is 0. The van der Waals surface area contributed by atoms with Crippen molar-refractivity contribution in [3.05, 3.63) is 29.3 Å². The average molecular weight is 350 g/mol. The smallest absolute Gasteiger partial charge is 0.0450 e. The molecule has 0 bridgehead atoms. The molecule has 0 aliphatic rings. The Morgan fingerprint density at radius 2 is 1.12 bits per heavy atom. The molecule has 0 saturated heterocycles. The fourth-order valence-corrected chi connectivity index (χ4v) is 3.22. The van der Waals surface area contributed by atoms with Crippen molar-refractivity contribution in [1.82, 2.24) is 0 Å². The van der Waals surface area contributed by atoms with Crippen LogP contribution in [0.5, 0.6) is 0 Å². The fraction of sp³-hybridized carbons (Fsp3) is 0.727. The maximum atomic E-state index is 9.44. The average Bonchev–Trinajstić information content (AvgIpc) is 2.46. The minimum absolute atomic E-state index is 0.0715. The minimum atomic E-state index is 0.0715. The van der Waals surface area contributed by atoms with Gasteiger partial charge in [0.25, 0.3) is 0 Å². The van der Waals surface area contributed by atoms with Gasteiger partial charge in [0.05, 0.1) is 0 Å². The van der Waals surface area contributed by atoms with Crippen molar-refractivity contribution in [1.29, 1.82) is 0 Å². The molecule has 3 nitrogen and oxygen atoms in total. The normalized spacial score (nSPS) is 15.1. The van der Waals surface area contributed by atoms with Crippen LogP contribution in [-0.2, 0) is 10.8 Å². The Morgan fingerprint density at radius 3 is 1.40 bits per heavy atom. The first-order chi connectivity index (χ1) is 11.4. The highest BCUT2D eigenvalue weighted by atomic mass is 16.3. The van der Waals surface area contributed by atoms with E-state index in [0.29, 0.717) is 0 Å². The van der Waals surface area contributed by atoms with Crippen LogP contribution in [0.1, 0.15) is 79.4 Å². The Morgan fingerprint density at radius 1 is 0.760 bits per heavy atom. The van der Waals surface area contributed by atoms with Gasteiger partial charge in [0.1, 0.15) is 0 Å². The Kier molecular flexibility index (Phi) is 7.52. The van der Waals surface area contributed by atoms with Crippen molar-refractivity contribution < 1.29 is 10.2 Å². The van der Waals surface area contributed by atoms with Crippen LogP contribution >= 0.6 is 0 Å². The van der Waals surface area contributed by atoms with E-state index in [-0.39, 0.29) is 36.1 Å². The van der Waals surface area contributed by atoms with E-state index in [1.807, 2.05) is 0 Å². The number of aliphatic hydroxyl groups excluding tert-OH is 2. The molecule has 25 heavy (non-hydrogen) atoms. The highest BCUT2D eigenvalue weighted by molar-refractivity contribution is 5.55. The van der Waals surface area contributed by atoms with Crippen molar-refractivity contribution in [2.75, 3.05) is 18.1 Å². The highest BCUT2D eigenvalue weighted by Crippen LogP contribution is 2.35. The summed E-state index contributed by atoms with van der Waals surface area (Å²) in [7, 11) is 0. The molecule has 0 aliphatic heterocycles. The summed E-state index contributed by atoms with van der Waals surface area (Å²) in [6.07, 6.45) is 1.45. The molecule has 0 amide bonds.